The first kappa shape index (κ1) is 21.3. The molecular weight excluding hydrogens is 526 g/mol. The van der Waals surface area contributed by atoms with Crippen molar-refractivity contribution in [1.29, 1.82) is 0 Å². The Labute approximate surface area is 154 Å². The van der Waals surface area contributed by atoms with E-state index >= 15 is 0 Å². The van der Waals surface area contributed by atoms with Gasteiger partial charge in [0.15, 0.2) is 18.3 Å². The Morgan fingerprint density at radius 2 is 1.45 bits per heavy atom. The van der Waals surface area contributed by atoms with Crippen LogP contribution in [0.3, 0.4) is 0 Å². The minimum Gasteiger partial charge on any atom is -0.462 e. The number of carbonyl (C=O) groups excluding carboxylic acids is 4. The van der Waals surface area contributed by atoms with Crippen molar-refractivity contribution in [2.24, 2.45) is 0 Å². The zero-order valence-corrected chi connectivity index (χ0v) is 16.4. The average molecular weight is 542 g/mol. The molecule has 0 saturated heterocycles. The van der Waals surface area contributed by atoms with Gasteiger partial charge in [-0.25, -0.2) is 0 Å². The zero-order chi connectivity index (χ0) is 17.3. The van der Waals surface area contributed by atoms with Crippen molar-refractivity contribution < 1.29 is 38.1 Å². The summed E-state index contributed by atoms with van der Waals surface area (Å²) in [6.45, 7) is 3.36. The van der Waals surface area contributed by atoms with E-state index < -0.39 is 36.2 Å². The van der Waals surface area contributed by atoms with E-state index in [1.54, 1.807) is 0 Å². The second-order valence-corrected chi connectivity index (χ2v) is 9.12. The summed E-state index contributed by atoms with van der Waals surface area (Å²) in [5, 5.41) is 0. The van der Waals surface area contributed by atoms with Crippen LogP contribution in [0.25, 0.3) is 0 Å². The highest BCUT2D eigenvalue weighted by atomic mass is 127. The van der Waals surface area contributed by atoms with E-state index in [9.17, 15) is 19.2 Å². The molecule has 0 saturated carbocycles. The van der Waals surface area contributed by atoms with E-state index in [4.69, 9.17) is 18.9 Å². The highest BCUT2D eigenvalue weighted by Gasteiger charge is 2.40. The standard InChI is InChI=1S/C12H16I2O8/c1-6(16)19-4-9(20-5-15)10(21-7(2)17)11(12(13)14)22-8(3)18/h5,9-12H,4H2,1-3H3/t9-,10-,11+/m1/s1. The maximum Gasteiger partial charge on any atom is 0.303 e. The SMILES string of the molecule is CC(=O)OC[C@@H](OC=O)[C@@H](OC(C)=O)[C@H](OC(C)=O)C(I)I. The predicted octanol–water partition coefficient (Wildman–Crippen LogP) is 1.15. The van der Waals surface area contributed by atoms with E-state index in [2.05, 4.69) is 0 Å². The van der Waals surface area contributed by atoms with Crippen LogP contribution in [0.5, 0.6) is 0 Å². The number of hydrogen-bond donors (Lipinski definition) is 0. The van der Waals surface area contributed by atoms with Crippen molar-refractivity contribution in [1.82, 2.24) is 0 Å². The number of rotatable bonds is 9. The van der Waals surface area contributed by atoms with Crippen LogP contribution in [-0.2, 0) is 38.1 Å². The molecule has 0 aliphatic carbocycles. The van der Waals surface area contributed by atoms with Gasteiger partial charge in [-0.3, -0.25) is 19.2 Å². The third-order valence-electron chi connectivity index (χ3n) is 2.22. The van der Waals surface area contributed by atoms with Crippen LogP contribution >= 0.6 is 45.2 Å². The molecule has 0 rings (SSSR count). The topological polar surface area (TPSA) is 105 Å². The molecule has 0 spiro atoms. The Balaban J connectivity index is 5.37. The molecule has 0 heterocycles. The molecule has 0 aromatic carbocycles. The van der Waals surface area contributed by atoms with E-state index in [1.165, 1.54) is 13.8 Å². The lowest BCUT2D eigenvalue weighted by Gasteiger charge is -2.31. The third-order valence-corrected chi connectivity index (χ3v) is 3.64. The second kappa shape index (κ2) is 11.0. The summed E-state index contributed by atoms with van der Waals surface area (Å²) in [7, 11) is 0. The predicted molar refractivity (Wildman–Crippen MR) is 90.5 cm³/mol. The lowest BCUT2D eigenvalue weighted by molar-refractivity contribution is -0.183. The minimum atomic E-state index is -1.11. The first-order valence-corrected chi connectivity index (χ1v) is 8.53. The summed E-state index contributed by atoms with van der Waals surface area (Å²) < 4.78 is 19.6. The number of carbonyl (C=O) groups is 4. The van der Waals surface area contributed by atoms with Gasteiger partial charge in [0, 0.05) is 20.8 Å². The number of alkyl halides is 2. The lowest BCUT2D eigenvalue weighted by Crippen LogP contribution is -2.49. The van der Waals surface area contributed by atoms with Gasteiger partial charge in [-0.2, -0.15) is 0 Å². The van der Waals surface area contributed by atoms with Gasteiger partial charge >= 0.3 is 17.9 Å². The fourth-order valence-corrected chi connectivity index (χ4v) is 2.59. The molecule has 0 fully saturated rings. The molecule has 0 radical (unpaired) electrons. The van der Waals surface area contributed by atoms with Crippen LogP contribution in [0.2, 0.25) is 0 Å². The van der Waals surface area contributed by atoms with Gasteiger partial charge in [-0.15, -0.1) is 0 Å². The quantitative estimate of drug-likeness (QED) is 0.141. The average Bonchev–Trinajstić information content (AvgIpc) is 2.37. The van der Waals surface area contributed by atoms with Crippen molar-refractivity contribution in [2.45, 2.75) is 41.0 Å². The summed E-state index contributed by atoms with van der Waals surface area (Å²) >= 11 is 3.94. The molecule has 0 amide bonds. The van der Waals surface area contributed by atoms with E-state index in [-0.39, 0.29) is 15.0 Å². The van der Waals surface area contributed by atoms with Gasteiger partial charge in [-0.1, -0.05) is 45.2 Å². The Kier molecular flexibility index (Phi) is 10.6. The summed E-state index contributed by atoms with van der Waals surface area (Å²) in [4.78, 5) is 44.1. The molecule has 126 valence electrons. The molecule has 0 aliphatic heterocycles. The van der Waals surface area contributed by atoms with Crippen molar-refractivity contribution in [2.75, 3.05) is 6.61 Å². The molecule has 0 aliphatic rings. The molecule has 22 heavy (non-hydrogen) atoms. The normalized spacial score (nSPS) is 14.5. The number of ether oxygens (including phenoxy) is 4. The summed E-state index contributed by atoms with van der Waals surface area (Å²) in [5.74, 6) is -1.83. The number of halogens is 2. The molecule has 0 aromatic heterocycles. The van der Waals surface area contributed by atoms with Crippen molar-refractivity contribution in [3.8, 4) is 0 Å². The Bertz CT molecular complexity index is 412. The Hall–Kier alpha value is -0.660. The van der Waals surface area contributed by atoms with E-state index in [0.717, 1.165) is 6.92 Å². The molecule has 0 bridgehead atoms. The van der Waals surface area contributed by atoms with Gasteiger partial charge in [0.2, 0.25) is 0 Å². The van der Waals surface area contributed by atoms with Crippen LogP contribution in [0.4, 0.5) is 0 Å². The van der Waals surface area contributed by atoms with Gasteiger partial charge in [0.1, 0.15) is 8.54 Å². The van der Waals surface area contributed by atoms with E-state index in [1.807, 2.05) is 45.2 Å². The highest BCUT2D eigenvalue weighted by Crippen LogP contribution is 2.25. The minimum absolute atomic E-state index is 0.144. The van der Waals surface area contributed by atoms with Crippen LogP contribution in [-0.4, -0.2) is 51.2 Å². The monoisotopic (exact) mass is 542 g/mol. The maximum absolute atomic E-state index is 11.3. The molecule has 0 N–H and O–H groups in total. The maximum atomic E-state index is 11.3. The second-order valence-electron chi connectivity index (χ2n) is 4.06. The molecule has 3 atom stereocenters. The van der Waals surface area contributed by atoms with Gasteiger partial charge in [0.25, 0.3) is 6.47 Å². The lowest BCUT2D eigenvalue weighted by atomic mass is 10.1. The molecule has 8 nitrogen and oxygen atoms in total. The Morgan fingerprint density at radius 3 is 1.82 bits per heavy atom. The number of esters is 3. The molecule has 0 unspecified atom stereocenters. The van der Waals surface area contributed by atoms with Gasteiger partial charge in [-0.05, 0) is 0 Å². The van der Waals surface area contributed by atoms with Gasteiger partial charge in [0.05, 0.1) is 0 Å². The molecule has 10 heteroatoms. The first-order valence-electron chi connectivity index (χ1n) is 6.04. The zero-order valence-electron chi connectivity index (χ0n) is 12.1. The molecule has 0 aromatic rings. The van der Waals surface area contributed by atoms with E-state index in [0.29, 0.717) is 0 Å². The fraction of sp³-hybridized carbons (Fsp3) is 0.667. The van der Waals surface area contributed by atoms with Crippen LogP contribution in [0.15, 0.2) is 0 Å². The summed E-state index contributed by atoms with van der Waals surface area (Å²) in [6, 6.07) is 0. The highest BCUT2D eigenvalue weighted by molar-refractivity contribution is 14.2. The summed E-state index contributed by atoms with van der Waals surface area (Å²) in [6.07, 6.45) is -3.09. The fourth-order valence-electron chi connectivity index (χ4n) is 1.48. The molecular formula is C12H16I2O8. The van der Waals surface area contributed by atoms with Crippen molar-refractivity contribution >= 4 is 69.6 Å². The van der Waals surface area contributed by atoms with Gasteiger partial charge < -0.3 is 18.9 Å². The number of hydrogen-bond acceptors (Lipinski definition) is 8. The van der Waals surface area contributed by atoms with Crippen LogP contribution < -0.4 is 0 Å². The van der Waals surface area contributed by atoms with Crippen LogP contribution in [0.1, 0.15) is 20.8 Å². The van der Waals surface area contributed by atoms with Crippen molar-refractivity contribution in [3.05, 3.63) is 0 Å². The Morgan fingerprint density at radius 1 is 0.955 bits per heavy atom. The van der Waals surface area contributed by atoms with Crippen LogP contribution in [0, 0.1) is 0 Å². The van der Waals surface area contributed by atoms with Crippen molar-refractivity contribution in [3.63, 3.8) is 0 Å². The smallest absolute Gasteiger partial charge is 0.303 e. The summed E-state index contributed by atoms with van der Waals surface area (Å²) in [5.41, 5.74) is 0. The first-order chi connectivity index (χ1) is 10.2. The third kappa shape index (κ3) is 8.70. The largest absolute Gasteiger partial charge is 0.462 e.